The number of aliphatic carboxylic acids is 2. The van der Waals surface area contributed by atoms with E-state index in [1.54, 1.807) is 6.07 Å². The molecule has 0 radical (unpaired) electrons. The van der Waals surface area contributed by atoms with Crippen LogP contribution in [0, 0.1) is 17.7 Å². The summed E-state index contributed by atoms with van der Waals surface area (Å²) in [5, 5.41) is 36.5. The molecular weight excluding hydrogens is 419 g/mol. The molecule has 1 aliphatic heterocycles. The molecule has 0 unspecified atom stereocenters. The third kappa shape index (κ3) is 9.36. The van der Waals surface area contributed by atoms with Gasteiger partial charge in [0.05, 0.1) is 0 Å². The second-order valence-corrected chi connectivity index (χ2v) is 8.16. The van der Waals surface area contributed by atoms with Crippen LogP contribution in [0.2, 0.25) is 5.02 Å². The monoisotopic (exact) mass is 448 g/mol. The standard InChI is InChI=1S/C16H24ClFN2.C4H6O6/c1-12(2)9-20(10-13-5-6-19-8-13)11-14-3-4-15(18)7-16(14)17;5-1(3(7)8)2(6)4(9)10/h3-4,7,12-13,19H,5-6,8-11H2,1-2H3;1-2,5-6H,(H,7,8)(H,9,10)/t13-;1-,2-/m01/s1. The smallest absolute Gasteiger partial charge is 0.335 e. The molecule has 3 atom stereocenters. The predicted molar refractivity (Wildman–Crippen MR) is 110 cm³/mol. The quantitative estimate of drug-likeness (QED) is 0.383. The topological polar surface area (TPSA) is 130 Å². The van der Waals surface area contributed by atoms with Crippen molar-refractivity contribution in [3.8, 4) is 0 Å². The van der Waals surface area contributed by atoms with Crippen LogP contribution in [-0.2, 0) is 16.1 Å². The van der Waals surface area contributed by atoms with Crippen molar-refractivity contribution in [2.24, 2.45) is 11.8 Å². The Hall–Kier alpha value is -1.78. The van der Waals surface area contributed by atoms with E-state index in [2.05, 4.69) is 24.1 Å². The number of rotatable bonds is 9. The molecule has 1 aliphatic rings. The Morgan fingerprint density at radius 1 is 1.23 bits per heavy atom. The highest BCUT2D eigenvalue weighted by Crippen LogP contribution is 2.21. The van der Waals surface area contributed by atoms with Gasteiger partial charge in [0.1, 0.15) is 5.82 Å². The van der Waals surface area contributed by atoms with E-state index in [1.165, 1.54) is 18.6 Å². The minimum Gasteiger partial charge on any atom is -0.479 e. The van der Waals surface area contributed by atoms with Gasteiger partial charge in [-0.3, -0.25) is 4.90 Å². The molecule has 0 amide bonds. The molecule has 1 saturated heterocycles. The van der Waals surface area contributed by atoms with Crippen LogP contribution in [0.5, 0.6) is 0 Å². The Morgan fingerprint density at radius 3 is 2.27 bits per heavy atom. The maximum Gasteiger partial charge on any atom is 0.335 e. The highest BCUT2D eigenvalue weighted by molar-refractivity contribution is 6.31. The van der Waals surface area contributed by atoms with Crippen molar-refractivity contribution < 1.29 is 34.4 Å². The average molecular weight is 449 g/mol. The lowest BCUT2D eigenvalue weighted by molar-refractivity contribution is -0.165. The van der Waals surface area contributed by atoms with E-state index in [-0.39, 0.29) is 5.82 Å². The van der Waals surface area contributed by atoms with Gasteiger partial charge in [-0.2, -0.15) is 0 Å². The van der Waals surface area contributed by atoms with Crippen LogP contribution in [0.1, 0.15) is 25.8 Å². The van der Waals surface area contributed by atoms with Crippen LogP contribution in [0.15, 0.2) is 18.2 Å². The first kappa shape index (κ1) is 26.3. The van der Waals surface area contributed by atoms with E-state index in [0.717, 1.165) is 38.3 Å². The predicted octanol–water partition coefficient (Wildman–Crippen LogP) is 1.42. The molecule has 0 saturated carbocycles. The highest BCUT2D eigenvalue weighted by Gasteiger charge is 2.29. The molecule has 0 spiro atoms. The van der Waals surface area contributed by atoms with Crippen molar-refractivity contribution in [2.75, 3.05) is 26.2 Å². The summed E-state index contributed by atoms with van der Waals surface area (Å²) in [6.07, 6.45) is -3.29. The number of hydrogen-bond donors (Lipinski definition) is 5. The number of halogens is 2. The lowest BCUT2D eigenvalue weighted by Crippen LogP contribution is -2.39. The number of nitrogens with one attached hydrogen (secondary N) is 1. The lowest BCUT2D eigenvalue weighted by atomic mass is 10.1. The van der Waals surface area contributed by atoms with Crippen LogP contribution in [-0.4, -0.2) is 75.7 Å². The fraction of sp³-hybridized carbons (Fsp3) is 0.600. The maximum atomic E-state index is 13.1. The van der Waals surface area contributed by atoms with Gasteiger partial charge < -0.3 is 25.7 Å². The molecular formula is C20H30ClFN2O6. The molecule has 0 bridgehead atoms. The fourth-order valence-electron chi connectivity index (χ4n) is 3.12. The highest BCUT2D eigenvalue weighted by atomic mass is 35.5. The van der Waals surface area contributed by atoms with E-state index in [1.807, 2.05) is 0 Å². The van der Waals surface area contributed by atoms with Crippen molar-refractivity contribution in [1.82, 2.24) is 10.2 Å². The van der Waals surface area contributed by atoms with Crippen molar-refractivity contribution in [1.29, 1.82) is 0 Å². The molecule has 1 heterocycles. The molecule has 8 nitrogen and oxygen atoms in total. The summed E-state index contributed by atoms with van der Waals surface area (Å²) >= 11 is 6.15. The van der Waals surface area contributed by atoms with Crippen molar-refractivity contribution in [3.05, 3.63) is 34.6 Å². The molecule has 5 N–H and O–H groups in total. The Morgan fingerprint density at radius 2 is 1.83 bits per heavy atom. The molecule has 1 aromatic rings. The maximum absolute atomic E-state index is 13.1. The van der Waals surface area contributed by atoms with Gasteiger partial charge in [0.15, 0.2) is 12.2 Å². The number of carboxylic acids is 2. The minimum absolute atomic E-state index is 0.269. The van der Waals surface area contributed by atoms with Crippen molar-refractivity contribution in [2.45, 2.75) is 39.0 Å². The zero-order chi connectivity index (χ0) is 22.8. The first-order valence-electron chi connectivity index (χ1n) is 9.70. The third-order valence-corrected chi connectivity index (χ3v) is 4.87. The largest absolute Gasteiger partial charge is 0.479 e. The second-order valence-electron chi connectivity index (χ2n) is 7.75. The summed E-state index contributed by atoms with van der Waals surface area (Å²) in [5.74, 6) is -2.48. The fourth-order valence-corrected chi connectivity index (χ4v) is 3.34. The molecule has 0 aliphatic carbocycles. The second kappa shape index (κ2) is 12.8. The van der Waals surface area contributed by atoms with E-state index < -0.39 is 24.1 Å². The molecule has 2 rings (SSSR count). The molecule has 30 heavy (non-hydrogen) atoms. The Kier molecular flexibility index (Phi) is 11.2. The molecule has 0 aromatic heterocycles. The van der Waals surface area contributed by atoms with Crippen molar-refractivity contribution >= 4 is 23.5 Å². The molecule has 1 fully saturated rings. The summed E-state index contributed by atoms with van der Waals surface area (Å²) in [4.78, 5) is 22.0. The van der Waals surface area contributed by atoms with Crippen LogP contribution < -0.4 is 5.32 Å². The van der Waals surface area contributed by atoms with Gasteiger partial charge in [-0.15, -0.1) is 0 Å². The summed E-state index contributed by atoms with van der Waals surface area (Å²) in [6.45, 7) is 9.61. The Bertz CT molecular complexity index is 682. The number of aliphatic hydroxyl groups is 2. The van der Waals surface area contributed by atoms with E-state index in [4.69, 9.17) is 32.0 Å². The third-order valence-electron chi connectivity index (χ3n) is 4.52. The summed E-state index contributed by atoms with van der Waals surface area (Å²) in [6, 6.07) is 4.70. The van der Waals surface area contributed by atoms with E-state index >= 15 is 0 Å². The zero-order valence-electron chi connectivity index (χ0n) is 17.1. The number of nitrogens with zero attached hydrogens (tertiary/aromatic N) is 1. The average Bonchev–Trinajstić information content (AvgIpc) is 3.15. The number of benzene rings is 1. The number of aliphatic hydroxyl groups excluding tert-OH is 2. The SMILES string of the molecule is CC(C)CN(Cc1ccc(F)cc1Cl)C[C@H]1CCNC1.O=C(O)[C@H](O)[C@@H](O)C(=O)O. The van der Waals surface area contributed by atoms with Gasteiger partial charge in [-0.05, 0) is 49.0 Å². The van der Waals surface area contributed by atoms with Gasteiger partial charge in [-0.1, -0.05) is 31.5 Å². The zero-order valence-corrected chi connectivity index (χ0v) is 17.8. The van der Waals surface area contributed by atoms with E-state index in [9.17, 15) is 14.0 Å². The summed E-state index contributed by atoms with van der Waals surface area (Å²) in [5.41, 5.74) is 1.01. The Balaban J connectivity index is 0.000000382. The molecule has 1 aromatic carbocycles. The summed E-state index contributed by atoms with van der Waals surface area (Å²) in [7, 11) is 0. The van der Waals surface area contributed by atoms with Gasteiger partial charge in [0.2, 0.25) is 0 Å². The molecule has 170 valence electrons. The van der Waals surface area contributed by atoms with E-state index in [0.29, 0.717) is 16.9 Å². The van der Waals surface area contributed by atoms with Gasteiger partial charge in [0, 0.05) is 24.7 Å². The van der Waals surface area contributed by atoms with Crippen LogP contribution >= 0.6 is 11.6 Å². The number of carboxylic acid groups (broad SMARTS) is 2. The molecule has 10 heteroatoms. The minimum atomic E-state index is -2.27. The Labute approximate surface area is 180 Å². The van der Waals surface area contributed by atoms with Crippen LogP contribution in [0.3, 0.4) is 0 Å². The normalized spacial score (nSPS) is 18.1. The van der Waals surface area contributed by atoms with Gasteiger partial charge in [0.25, 0.3) is 0 Å². The van der Waals surface area contributed by atoms with Gasteiger partial charge >= 0.3 is 11.9 Å². The number of hydrogen-bond acceptors (Lipinski definition) is 6. The van der Waals surface area contributed by atoms with Gasteiger partial charge in [-0.25, -0.2) is 14.0 Å². The van der Waals surface area contributed by atoms with Crippen molar-refractivity contribution in [3.63, 3.8) is 0 Å². The van der Waals surface area contributed by atoms with Crippen LogP contribution in [0.25, 0.3) is 0 Å². The first-order valence-corrected chi connectivity index (χ1v) is 10.1. The first-order chi connectivity index (χ1) is 14.0. The summed E-state index contributed by atoms with van der Waals surface area (Å²) < 4.78 is 13.1. The lowest BCUT2D eigenvalue weighted by Gasteiger charge is -2.27. The number of carbonyl (C=O) groups is 2. The van der Waals surface area contributed by atoms with Crippen LogP contribution in [0.4, 0.5) is 4.39 Å².